The normalized spacial score (nSPS) is 11.4. The summed E-state index contributed by atoms with van der Waals surface area (Å²) in [6.07, 6.45) is 0. The minimum Gasteiger partial charge on any atom is -0.309 e. The van der Waals surface area contributed by atoms with Gasteiger partial charge in [-0.2, -0.15) is 0 Å². The van der Waals surface area contributed by atoms with Crippen molar-refractivity contribution in [2.75, 3.05) is 0 Å². The first-order valence-electron chi connectivity index (χ1n) is 17.9. The van der Waals surface area contributed by atoms with Crippen LogP contribution in [0.15, 0.2) is 194 Å². The van der Waals surface area contributed by atoms with Crippen LogP contribution in [0.1, 0.15) is 0 Å². The maximum atomic E-state index is 5.17. The number of fused-ring (bicyclic) bond motifs is 4. The molecule has 0 aliphatic carbocycles. The summed E-state index contributed by atoms with van der Waals surface area (Å²) in [6.45, 7) is 0. The van der Waals surface area contributed by atoms with Crippen LogP contribution in [-0.2, 0) is 0 Å². The topological polar surface area (TPSA) is 43.6 Å². The Labute approximate surface area is 307 Å². The van der Waals surface area contributed by atoms with Crippen LogP contribution >= 0.6 is 0 Å². The number of aromatic nitrogens is 4. The predicted molar refractivity (Wildman–Crippen MR) is 219 cm³/mol. The van der Waals surface area contributed by atoms with Crippen molar-refractivity contribution in [3.63, 3.8) is 0 Å². The highest BCUT2D eigenvalue weighted by atomic mass is 15.0. The molecule has 10 aromatic rings. The van der Waals surface area contributed by atoms with E-state index in [-0.39, 0.29) is 0 Å². The van der Waals surface area contributed by atoms with E-state index in [2.05, 4.69) is 174 Å². The molecule has 2 heterocycles. The van der Waals surface area contributed by atoms with Gasteiger partial charge >= 0.3 is 0 Å². The lowest BCUT2D eigenvalue weighted by molar-refractivity contribution is 1.07. The van der Waals surface area contributed by atoms with Crippen molar-refractivity contribution < 1.29 is 0 Å². The molecule has 0 radical (unpaired) electrons. The van der Waals surface area contributed by atoms with Crippen molar-refractivity contribution >= 4 is 32.6 Å². The lowest BCUT2D eigenvalue weighted by atomic mass is 9.99. The van der Waals surface area contributed by atoms with Gasteiger partial charge in [-0.1, -0.05) is 152 Å². The summed E-state index contributed by atoms with van der Waals surface area (Å²) >= 11 is 0. The van der Waals surface area contributed by atoms with Crippen LogP contribution in [0.5, 0.6) is 0 Å². The predicted octanol–water partition coefficient (Wildman–Crippen LogP) is 12.5. The smallest absolute Gasteiger partial charge is 0.164 e. The number of rotatable bonds is 6. The zero-order chi connectivity index (χ0) is 35.1. The highest BCUT2D eigenvalue weighted by Gasteiger charge is 2.18. The quantitative estimate of drug-likeness (QED) is 0.176. The first-order chi connectivity index (χ1) is 26.3. The lowest BCUT2D eigenvalue weighted by Crippen LogP contribution is -2.02. The van der Waals surface area contributed by atoms with Crippen molar-refractivity contribution in [3.8, 4) is 62.1 Å². The Hall–Kier alpha value is -7.17. The van der Waals surface area contributed by atoms with Gasteiger partial charge in [0.15, 0.2) is 17.5 Å². The SMILES string of the molecule is c1ccc(-c2ccc3cc(-c4nc(-c5ccccc5)nc(-c5ccc(-n6c7ccccc7c7ccccc76)c(-c6ccccc6)c5)n4)ccc3c2)cc1. The summed E-state index contributed by atoms with van der Waals surface area (Å²) in [5, 5.41) is 4.76. The van der Waals surface area contributed by atoms with Gasteiger partial charge in [-0.15, -0.1) is 0 Å². The van der Waals surface area contributed by atoms with E-state index < -0.39 is 0 Å². The summed E-state index contributed by atoms with van der Waals surface area (Å²) in [7, 11) is 0. The van der Waals surface area contributed by atoms with Crippen LogP contribution in [-0.4, -0.2) is 19.5 Å². The van der Waals surface area contributed by atoms with Crippen LogP contribution in [0.2, 0.25) is 0 Å². The third kappa shape index (κ3) is 5.54. The Morgan fingerprint density at radius 1 is 0.302 bits per heavy atom. The van der Waals surface area contributed by atoms with E-state index in [1.165, 1.54) is 38.3 Å². The van der Waals surface area contributed by atoms with Gasteiger partial charge in [-0.25, -0.2) is 15.0 Å². The largest absolute Gasteiger partial charge is 0.309 e. The van der Waals surface area contributed by atoms with E-state index in [1.807, 2.05) is 24.3 Å². The number of hydrogen-bond acceptors (Lipinski definition) is 3. The molecule has 53 heavy (non-hydrogen) atoms. The van der Waals surface area contributed by atoms with Gasteiger partial charge in [-0.05, 0) is 69.9 Å². The molecule has 0 saturated carbocycles. The summed E-state index contributed by atoms with van der Waals surface area (Å²) in [5.74, 6) is 1.90. The number of hydrogen-bond donors (Lipinski definition) is 0. The van der Waals surface area contributed by atoms with Crippen molar-refractivity contribution in [1.82, 2.24) is 19.5 Å². The molecule has 0 unspecified atom stereocenters. The van der Waals surface area contributed by atoms with E-state index >= 15 is 0 Å². The monoisotopic (exact) mass is 676 g/mol. The van der Waals surface area contributed by atoms with Gasteiger partial charge in [-0.3, -0.25) is 0 Å². The molecule has 0 amide bonds. The van der Waals surface area contributed by atoms with Crippen molar-refractivity contribution in [1.29, 1.82) is 0 Å². The second kappa shape index (κ2) is 12.9. The molecule has 10 rings (SSSR count). The van der Waals surface area contributed by atoms with Gasteiger partial charge in [0, 0.05) is 33.0 Å². The standard InChI is InChI=1S/C49H32N4/c1-4-14-33(15-5-1)36-24-25-38-31-39(27-26-37(38)30-36)48-50-47(35-18-8-3-9-19-35)51-49(52-48)40-28-29-46(43(32-40)34-16-6-2-7-17-34)53-44-22-12-10-20-41(44)42-21-11-13-23-45(42)53/h1-32H. The molecule has 4 heteroatoms. The molecule has 4 nitrogen and oxygen atoms in total. The Balaban J connectivity index is 1.15. The second-order valence-electron chi connectivity index (χ2n) is 13.3. The lowest BCUT2D eigenvalue weighted by Gasteiger charge is -2.16. The van der Waals surface area contributed by atoms with Gasteiger partial charge < -0.3 is 4.57 Å². The van der Waals surface area contributed by atoms with Crippen LogP contribution in [0, 0.1) is 0 Å². The van der Waals surface area contributed by atoms with Gasteiger partial charge in [0.25, 0.3) is 0 Å². The van der Waals surface area contributed by atoms with Crippen LogP contribution < -0.4 is 0 Å². The van der Waals surface area contributed by atoms with Crippen molar-refractivity contribution in [3.05, 3.63) is 194 Å². The number of nitrogens with zero attached hydrogens (tertiary/aromatic N) is 4. The molecule has 8 aromatic carbocycles. The van der Waals surface area contributed by atoms with Gasteiger partial charge in [0.2, 0.25) is 0 Å². The summed E-state index contributed by atoms with van der Waals surface area (Å²) in [5.41, 5.74) is 10.8. The Bertz CT molecular complexity index is 2880. The highest BCUT2D eigenvalue weighted by Crippen LogP contribution is 2.38. The Morgan fingerprint density at radius 3 is 1.34 bits per heavy atom. The van der Waals surface area contributed by atoms with E-state index in [0.717, 1.165) is 38.9 Å². The zero-order valence-corrected chi connectivity index (χ0v) is 28.8. The first-order valence-corrected chi connectivity index (χ1v) is 17.9. The minimum atomic E-state index is 0.624. The molecule has 248 valence electrons. The van der Waals surface area contributed by atoms with E-state index in [0.29, 0.717) is 17.5 Å². The van der Waals surface area contributed by atoms with Gasteiger partial charge in [0.1, 0.15) is 0 Å². The fraction of sp³-hybridized carbons (Fsp3) is 0. The van der Waals surface area contributed by atoms with Crippen molar-refractivity contribution in [2.24, 2.45) is 0 Å². The molecule has 0 spiro atoms. The summed E-state index contributed by atoms with van der Waals surface area (Å²) in [4.78, 5) is 15.3. The Kier molecular flexibility index (Phi) is 7.43. The minimum absolute atomic E-state index is 0.624. The third-order valence-corrected chi connectivity index (χ3v) is 10.0. The molecular weight excluding hydrogens is 645 g/mol. The number of para-hydroxylation sites is 2. The van der Waals surface area contributed by atoms with Crippen LogP contribution in [0.3, 0.4) is 0 Å². The molecule has 0 bridgehead atoms. The molecule has 2 aromatic heterocycles. The number of benzene rings is 8. The molecule has 0 N–H and O–H groups in total. The van der Waals surface area contributed by atoms with Crippen LogP contribution in [0.25, 0.3) is 94.7 Å². The maximum Gasteiger partial charge on any atom is 0.164 e. The van der Waals surface area contributed by atoms with Crippen LogP contribution in [0.4, 0.5) is 0 Å². The summed E-state index contributed by atoms with van der Waals surface area (Å²) in [6, 6.07) is 68.1. The first kappa shape index (κ1) is 30.6. The molecule has 0 aliphatic heterocycles. The summed E-state index contributed by atoms with van der Waals surface area (Å²) < 4.78 is 2.38. The van der Waals surface area contributed by atoms with E-state index in [9.17, 15) is 0 Å². The van der Waals surface area contributed by atoms with E-state index in [4.69, 9.17) is 15.0 Å². The van der Waals surface area contributed by atoms with E-state index in [1.54, 1.807) is 0 Å². The van der Waals surface area contributed by atoms with Crippen molar-refractivity contribution in [2.45, 2.75) is 0 Å². The molecule has 0 saturated heterocycles. The molecule has 0 fully saturated rings. The average molecular weight is 677 g/mol. The molecule has 0 aliphatic rings. The maximum absolute atomic E-state index is 5.17. The fourth-order valence-corrected chi connectivity index (χ4v) is 7.45. The Morgan fingerprint density at radius 2 is 0.736 bits per heavy atom. The third-order valence-electron chi connectivity index (χ3n) is 10.0. The fourth-order valence-electron chi connectivity index (χ4n) is 7.45. The zero-order valence-electron chi connectivity index (χ0n) is 28.8. The average Bonchev–Trinajstić information content (AvgIpc) is 3.58. The molecule has 0 atom stereocenters. The van der Waals surface area contributed by atoms with Gasteiger partial charge in [0.05, 0.1) is 16.7 Å². The highest BCUT2D eigenvalue weighted by molar-refractivity contribution is 6.09. The molecular formula is C49H32N4. The second-order valence-corrected chi connectivity index (χ2v) is 13.3.